The number of hydrogen-bond donors (Lipinski definition) is 1. The number of fused-ring (bicyclic) bond motifs is 1. The van der Waals surface area contributed by atoms with Gasteiger partial charge in [0, 0.05) is 18.8 Å². The van der Waals surface area contributed by atoms with Gasteiger partial charge in [0.05, 0.1) is 25.1 Å². The van der Waals surface area contributed by atoms with Crippen molar-refractivity contribution in [3.8, 4) is 11.5 Å². The number of aromatic nitrogens is 1. The molecule has 0 unspecified atom stereocenters. The maximum Gasteiger partial charge on any atom is 0.341 e. The normalized spacial score (nSPS) is 15.3. The summed E-state index contributed by atoms with van der Waals surface area (Å²) in [6, 6.07) is 3.32. The summed E-state index contributed by atoms with van der Waals surface area (Å²) in [5.74, 6) is 0.224. The van der Waals surface area contributed by atoms with Crippen LogP contribution in [0.15, 0.2) is 23.1 Å². The van der Waals surface area contributed by atoms with Crippen LogP contribution in [-0.2, 0) is 6.54 Å². The van der Waals surface area contributed by atoms with Crippen molar-refractivity contribution in [1.29, 1.82) is 0 Å². The Bertz CT molecular complexity index is 849. The molecular weight excluding hydrogens is 322 g/mol. The third-order valence-corrected chi connectivity index (χ3v) is 5.00. The Labute approximate surface area is 146 Å². The summed E-state index contributed by atoms with van der Waals surface area (Å²) in [5.41, 5.74) is -0.0305. The number of aromatic carboxylic acids is 1. The molecule has 0 bridgehead atoms. The second kappa shape index (κ2) is 7.17. The summed E-state index contributed by atoms with van der Waals surface area (Å²) in [6.45, 7) is 0.701. The van der Waals surface area contributed by atoms with E-state index in [1.807, 2.05) is 4.57 Å². The molecule has 134 valence electrons. The van der Waals surface area contributed by atoms with E-state index in [0.717, 1.165) is 12.8 Å². The summed E-state index contributed by atoms with van der Waals surface area (Å²) in [5, 5.41) is 9.75. The molecule has 1 aliphatic carbocycles. The molecule has 0 amide bonds. The summed E-state index contributed by atoms with van der Waals surface area (Å²) < 4.78 is 12.5. The zero-order chi connectivity index (χ0) is 18.0. The van der Waals surface area contributed by atoms with Crippen molar-refractivity contribution >= 4 is 16.9 Å². The Hall–Kier alpha value is -2.50. The van der Waals surface area contributed by atoms with Crippen LogP contribution in [0.2, 0.25) is 0 Å². The molecule has 2 aromatic rings. The lowest BCUT2D eigenvalue weighted by molar-refractivity contribution is 0.0694. The lowest BCUT2D eigenvalue weighted by Gasteiger charge is -2.24. The number of carbonyl (C=O) groups is 1. The van der Waals surface area contributed by atoms with Crippen LogP contribution < -0.4 is 14.9 Å². The van der Waals surface area contributed by atoms with Crippen molar-refractivity contribution in [1.82, 2.24) is 4.57 Å². The van der Waals surface area contributed by atoms with Gasteiger partial charge in [-0.3, -0.25) is 4.79 Å². The van der Waals surface area contributed by atoms with Crippen molar-refractivity contribution in [2.24, 2.45) is 5.92 Å². The minimum atomic E-state index is -1.21. The molecule has 6 nitrogen and oxygen atoms in total. The van der Waals surface area contributed by atoms with Crippen molar-refractivity contribution in [2.75, 3.05) is 14.2 Å². The largest absolute Gasteiger partial charge is 0.493 e. The molecule has 0 saturated heterocycles. The SMILES string of the molecule is COc1cc2c(=O)c(C(=O)O)cn(CC3CCCCC3)c2cc1OC. The predicted molar refractivity (Wildman–Crippen MR) is 94.8 cm³/mol. The average Bonchev–Trinajstić information content (AvgIpc) is 2.63. The average molecular weight is 345 g/mol. The number of ether oxygens (including phenoxy) is 2. The zero-order valence-electron chi connectivity index (χ0n) is 14.6. The Morgan fingerprint density at radius 2 is 1.80 bits per heavy atom. The number of carboxylic acid groups (broad SMARTS) is 1. The number of pyridine rings is 1. The molecule has 0 radical (unpaired) electrons. The van der Waals surface area contributed by atoms with Crippen molar-refractivity contribution in [3.05, 3.63) is 34.1 Å². The number of benzene rings is 1. The molecule has 0 aliphatic heterocycles. The zero-order valence-corrected chi connectivity index (χ0v) is 14.6. The Morgan fingerprint density at radius 1 is 1.16 bits per heavy atom. The highest BCUT2D eigenvalue weighted by molar-refractivity contribution is 5.93. The summed E-state index contributed by atoms with van der Waals surface area (Å²) in [6.07, 6.45) is 7.38. The van der Waals surface area contributed by atoms with Gasteiger partial charge in [-0.15, -0.1) is 0 Å². The van der Waals surface area contributed by atoms with E-state index in [-0.39, 0.29) is 5.56 Å². The second-order valence-electron chi connectivity index (χ2n) is 6.56. The first kappa shape index (κ1) is 17.3. The molecule has 1 aliphatic rings. The van der Waals surface area contributed by atoms with Crippen LogP contribution in [0.25, 0.3) is 10.9 Å². The van der Waals surface area contributed by atoms with Gasteiger partial charge in [-0.25, -0.2) is 4.79 Å². The molecule has 1 N–H and O–H groups in total. The molecule has 1 fully saturated rings. The summed E-state index contributed by atoms with van der Waals surface area (Å²) in [4.78, 5) is 24.1. The van der Waals surface area contributed by atoms with Gasteiger partial charge < -0.3 is 19.1 Å². The van der Waals surface area contributed by atoms with Crippen LogP contribution in [0.1, 0.15) is 42.5 Å². The topological polar surface area (TPSA) is 77.8 Å². The van der Waals surface area contributed by atoms with Gasteiger partial charge in [-0.1, -0.05) is 19.3 Å². The number of rotatable bonds is 5. The first-order chi connectivity index (χ1) is 12.0. The van der Waals surface area contributed by atoms with E-state index < -0.39 is 11.4 Å². The highest BCUT2D eigenvalue weighted by atomic mass is 16.5. The third-order valence-electron chi connectivity index (χ3n) is 5.00. The number of hydrogen-bond acceptors (Lipinski definition) is 4. The van der Waals surface area contributed by atoms with Crippen LogP contribution >= 0.6 is 0 Å². The smallest absolute Gasteiger partial charge is 0.341 e. The third kappa shape index (κ3) is 3.34. The van der Waals surface area contributed by atoms with Crippen LogP contribution in [0.5, 0.6) is 11.5 Å². The van der Waals surface area contributed by atoms with E-state index in [0.29, 0.717) is 34.9 Å². The Balaban J connectivity index is 2.20. The molecule has 1 saturated carbocycles. The van der Waals surface area contributed by atoms with Crippen LogP contribution in [-0.4, -0.2) is 29.9 Å². The predicted octanol–water partition coefficient (Wildman–Crippen LogP) is 3.30. The highest BCUT2D eigenvalue weighted by Gasteiger charge is 2.20. The van der Waals surface area contributed by atoms with E-state index in [1.54, 1.807) is 19.2 Å². The monoisotopic (exact) mass is 345 g/mol. The quantitative estimate of drug-likeness (QED) is 0.899. The summed E-state index contributed by atoms with van der Waals surface area (Å²) in [7, 11) is 3.03. The van der Waals surface area contributed by atoms with Crippen LogP contribution in [0.3, 0.4) is 0 Å². The van der Waals surface area contributed by atoms with E-state index >= 15 is 0 Å². The second-order valence-corrected chi connectivity index (χ2v) is 6.56. The fourth-order valence-electron chi connectivity index (χ4n) is 3.67. The molecule has 6 heteroatoms. The lowest BCUT2D eigenvalue weighted by atomic mass is 9.89. The lowest BCUT2D eigenvalue weighted by Crippen LogP contribution is -2.22. The number of methoxy groups -OCH3 is 2. The number of nitrogens with zero attached hydrogens (tertiary/aromatic N) is 1. The fraction of sp³-hybridized carbons (Fsp3) is 0.474. The maximum atomic E-state index is 12.6. The van der Waals surface area contributed by atoms with Gasteiger partial charge >= 0.3 is 5.97 Å². The molecule has 3 rings (SSSR count). The van der Waals surface area contributed by atoms with E-state index in [1.165, 1.54) is 32.6 Å². The Morgan fingerprint density at radius 3 is 2.40 bits per heavy atom. The molecule has 1 heterocycles. The maximum absolute atomic E-state index is 12.6. The van der Waals surface area contributed by atoms with Crippen molar-refractivity contribution in [2.45, 2.75) is 38.6 Å². The van der Waals surface area contributed by atoms with E-state index in [2.05, 4.69) is 0 Å². The van der Waals surface area contributed by atoms with E-state index in [9.17, 15) is 14.7 Å². The van der Waals surface area contributed by atoms with E-state index in [4.69, 9.17) is 9.47 Å². The standard InChI is InChI=1S/C19H23NO5/c1-24-16-8-13-15(9-17(16)25-2)20(10-12-6-4-3-5-7-12)11-14(18(13)21)19(22)23/h8-9,11-12H,3-7,10H2,1-2H3,(H,22,23). The van der Waals surface area contributed by atoms with Gasteiger partial charge in [0.25, 0.3) is 0 Å². The summed E-state index contributed by atoms with van der Waals surface area (Å²) >= 11 is 0. The minimum absolute atomic E-state index is 0.212. The van der Waals surface area contributed by atoms with Crippen LogP contribution in [0.4, 0.5) is 0 Å². The molecule has 0 atom stereocenters. The van der Waals surface area contributed by atoms with Gasteiger partial charge in [-0.2, -0.15) is 0 Å². The van der Waals surface area contributed by atoms with Crippen LogP contribution in [0, 0.1) is 5.92 Å². The van der Waals surface area contributed by atoms with Gasteiger partial charge in [0.2, 0.25) is 5.43 Å². The van der Waals surface area contributed by atoms with Gasteiger partial charge in [0.15, 0.2) is 11.5 Å². The molecular formula is C19H23NO5. The minimum Gasteiger partial charge on any atom is -0.493 e. The van der Waals surface area contributed by atoms with Gasteiger partial charge in [0.1, 0.15) is 5.56 Å². The first-order valence-electron chi connectivity index (χ1n) is 8.57. The Kier molecular flexibility index (Phi) is 4.97. The number of carboxylic acids is 1. The first-order valence-corrected chi connectivity index (χ1v) is 8.57. The molecule has 25 heavy (non-hydrogen) atoms. The van der Waals surface area contributed by atoms with Crippen molar-refractivity contribution in [3.63, 3.8) is 0 Å². The molecule has 1 aromatic carbocycles. The van der Waals surface area contributed by atoms with Crippen molar-refractivity contribution < 1.29 is 19.4 Å². The highest BCUT2D eigenvalue weighted by Crippen LogP contribution is 2.32. The molecule has 0 spiro atoms. The fourth-order valence-corrected chi connectivity index (χ4v) is 3.67. The molecule has 1 aromatic heterocycles. The van der Waals surface area contributed by atoms with Gasteiger partial charge in [-0.05, 0) is 24.8 Å².